The second-order valence-corrected chi connectivity index (χ2v) is 6.42. The Labute approximate surface area is 125 Å². The largest absolute Gasteiger partial charge is 0.338 e. The van der Waals surface area contributed by atoms with Gasteiger partial charge in [-0.15, -0.1) is 0 Å². The number of hydrogen-bond acceptors (Lipinski definition) is 2. The van der Waals surface area contributed by atoms with Crippen LogP contribution in [0.3, 0.4) is 0 Å². The number of rotatable bonds is 4. The van der Waals surface area contributed by atoms with Crippen molar-refractivity contribution in [3.63, 3.8) is 0 Å². The summed E-state index contributed by atoms with van der Waals surface area (Å²) in [7, 11) is 0. The minimum absolute atomic E-state index is 0.0119. The van der Waals surface area contributed by atoms with Crippen LogP contribution in [0.25, 0.3) is 0 Å². The molecule has 1 aromatic rings. The van der Waals surface area contributed by atoms with Crippen molar-refractivity contribution in [2.24, 2.45) is 23.5 Å². The van der Waals surface area contributed by atoms with Gasteiger partial charge in [-0.1, -0.05) is 12.1 Å². The van der Waals surface area contributed by atoms with E-state index >= 15 is 0 Å². The molecule has 2 bridgehead atoms. The van der Waals surface area contributed by atoms with E-state index in [0.29, 0.717) is 24.9 Å². The Morgan fingerprint density at radius 2 is 2.14 bits per heavy atom. The van der Waals surface area contributed by atoms with Crippen LogP contribution in [-0.2, 0) is 11.3 Å². The third kappa shape index (κ3) is 2.69. The minimum Gasteiger partial charge on any atom is -0.338 e. The first-order valence-corrected chi connectivity index (χ1v) is 7.89. The SMILES string of the molecule is CCN(Cc1cccc(F)c1)C(=O)C1C2CCC(C2)C1N. The summed E-state index contributed by atoms with van der Waals surface area (Å²) in [5.41, 5.74) is 7.10. The molecule has 1 amide bonds. The second-order valence-electron chi connectivity index (χ2n) is 6.42. The van der Waals surface area contributed by atoms with Gasteiger partial charge >= 0.3 is 0 Å². The molecule has 3 rings (SSSR count). The van der Waals surface area contributed by atoms with Crippen molar-refractivity contribution in [2.75, 3.05) is 6.54 Å². The van der Waals surface area contributed by atoms with Crippen LogP contribution >= 0.6 is 0 Å². The lowest BCUT2D eigenvalue weighted by Gasteiger charge is -2.32. The van der Waals surface area contributed by atoms with E-state index in [1.807, 2.05) is 17.9 Å². The molecule has 2 saturated carbocycles. The quantitative estimate of drug-likeness (QED) is 0.926. The molecule has 2 aliphatic rings. The van der Waals surface area contributed by atoms with Gasteiger partial charge in [0, 0.05) is 19.1 Å². The first-order chi connectivity index (χ1) is 10.1. The summed E-state index contributed by atoms with van der Waals surface area (Å²) in [6.07, 6.45) is 3.41. The van der Waals surface area contributed by atoms with Crippen molar-refractivity contribution in [3.05, 3.63) is 35.6 Å². The van der Waals surface area contributed by atoms with Gasteiger partial charge in [0.2, 0.25) is 5.91 Å². The maximum atomic E-state index is 13.3. The maximum Gasteiger partial charge on any atom is 0.227 e. The molecule has 0 spiro atoms. The number of halogens is 1. The van der Waals surface area contributed by atoms with Crippen LogP contribution in [0.15, 0.2) is 24.3 Å². The Morgan fingerprint density at radius 1 is 1.38 bits per heavy atom. The monoisotopic (exact) mass is 290 g/mol. The highest BCUT2D eigenvalue weighted by molar-refractivity contribution is 5.80. The Morgan fingerprint density at radius 3 is 2.76 bits per heavy atom. The van der Waals surface area contributed by atoms with Gasteiger partial charge in [0.15, 0.2) is 0 Å². The molecule has 3 nitrogen and oxygen atoms in total. The predicted molar refractivity (Wildman–Crippen MR) is 79.8 cm³/mol. The number of amides is 1. The van der Waals surface area contributed by atoms with E-state index in [1.165, 1.54) is 18.6 Å². The molecule has 2 N–H and O–H groups in total. The highest BCUT2D eigenvalue weighted by Gasteiger charge is 2.49. The van der Waals surface area contributed by atoms with E-state index in [0.717, 1.165) is 18.4 Å². The van der Waals surface area contributed by atoms with Gasteiger partial charge in [0.25, 0.3) is 0 Å². The minimum atomic E-state index is -0.257. The van der Waals surface area contributed by atoms with E-state index in [2.05, 4.69) is 0 Å². The van der Waals surface area contributed by atoms with Gasteiger partial charge in [0.05, 0.1) is 5.92 Å². The average molecular weight is 290 g/mol. The molecule has 0 aliphatic heterocycles. The zero-order chi connectivity index (χ0) is 15.0. The number of nitrogens with two attached hydrogens (primary N) is 1. The van der Waals surface area contributed by atoms with Crippen LogP contribution in [0, 0.1) is 23.6 Å². The van der Waals surface area contributed by atoms with Crippen molar-refractivity contribution in [2.45, 2.75) is 38.8 Å². The van der Waals surface area contributed by atoms with Gasteiger partial charge in [-0.25, -0.2) is 4.39 Å². The lowest BCUT2D eigenvalue weighted by atomic mass is 9.84. The summed E-state index contributed by atoms with van der Waals surface area (Å²) < 4.78 is 13.3. The summed E-state index contributed by atoms with van der Waals surface area (Å²) >= 11 is 0. The lowest BCUT2D eigenvalue weighted by Crippen LogP contribution is -2.46. The summed E-state index contributed by atoms with van der Waals surface area (Å²) in [5, 5.41) is 0. The van der Waals surface area contributed by atoms with Gasteiger partial charge in [-0.2, -0.15) is 0 Å². The van der Waals surface area contributed by atoms with Crippen LogP contribution in [0.1, 0.15) is 31.7 Å². The fourth-order valence-electron chi connectivity index (χ4n) is 4.11. The molecule has 4 heteroatoms. The lowest BCUT2D eigenvalue weighted by molar-refractivity contribution is -0.138. The summed E-state index contributed by atoms with van der Waals surface area (Å²) in [4.78, 5) is 14.6. The number of hydrogen-bond donors (Lipinski definition) is 1. The highest BCUT2D eigenvalue weighted by atomic mass is 19.1. The van der Waals surface area contributed by atoms with Crippen molar-refractivity contribution < 1.29 is 9.18 Å². The number of fused-ring (bicyclic) bond motifs is 2. The average Bonchev–Trinajstić information content (AvgIpc) is 3.05. The third-order valence-electron chi connectivity index (χ3n) is 5.22. The second kappa shape index (κ2) is 5.76. The van der Waals surface area contributed by atoms with Crippen LogP contribution in [0.4, 0.5) is 4.39 Å². The standard InChI is InChI=1S/C17H23FN2O/c1-2-20(10-11-4-3-5-14(18)8-11)17(21)15-12-6-7-13(9-12)16(15)19/h3-5,8,12-13,15-16H,2,6-7,9-10,19H2,1H3. The summed E-state index contributed by atoms with van der Waals surface area (Å²) in [6, 6.07) is 6.48. The van der Waals surface area contributed by atoms with Crippen LogP contribution in [0.2, 0.25) is 0 Å². The Kier molecular flexibility index (Phi) is 3.98. The molecular formula is C17H23FN2O. The van der Waals surface area contributed by atoms with E-state index in [4.69, 9.17) is 5.73 Å². The normalized spacial score (nSPS) is 30.6. The van der Waals surface area contributed by atoms with Crippen molar-refractivity contribution in [1.29, 1.82) is 0 Å². The van der Waals surface area contributed by atoms with Crippen LogP contribution in [-0.4, -0.2) is 23.4 Å². The van der Waals surface area contributed by atoms with Crippen molar-refractivity contribution in [3.8, 4) is 0 Å². The molecule has 4 unspecified atom stereocenters. The van der Waals surface area contributed by atoms with E-state index in [1.54, 1.807) is 6.07 Å². The molecule has 1 aromatic carbocycles. The summed E-state index contributed by atoms with van der Waals surface area (Å²) in [5.74, 6) is 0.849. The van der Waals surface area contributed by atoms with Gasteiger partial charge in [-0.3, -0.25) is 4.79 Å². The smallest absolute Gasteiger partial charge is 0.227 e. The molecule has 21 heavy (non-hydrogen) atoms. The predicted octanol–water partition coefficient (Wildman–Crippen LogP) is 2.55. The fraction of sp³-hybridized carbons (Fsp3) is 0.588. The van der Waals surface area contributed by atoms with Gasteiger partial charge in [-0.05, 0) is 55.7 Å². The first-order valence-electron chi connectivity index (χ1n) is 7.89. The number of carbonyl (C=O) groups is 1. The number of nitrogens with zero attached hydrogens (tertiary/aromatic N) is 1. The molecule has 0 radical (unpaired) electrons. The van der Waals surface area contributed by atoms with E-state index in [-0.39, 0.29) is 23.7 Å². The first kappa shape index (κ1) is 14.5. The van der Waals surface area contributed by atoms with Gasteiger partial charge in [0.1, 0.15) is 5.82 Å². The van der Waals surface area contributed by atoms with Crippen molar-refractivity contribution >= 4 is 5.91 Å². The van der Waals surface area contributed by atoms with Gasteiger partial charge < -0.3 is 10.6 Å². The highest BCUT2D eigenvalue weighted by Crippen LogP contribution is 2.48. The molecule has 0 saturated heterocycles. The van der Waals surface area contributed by atoms with Crippen molar-refractivity contribution in [1.82, 2.24) is 4.90 Å². The topological polar surface area (TPSA) is 46.3 Å². The molecule has 114 valence electrons. The van der Waals surface area contributed by atoms with E-state index in [9.17, 15) is 9.18 Å². The number of benzene rings is 1. The molecule has 2 aliphatic carbocycles. The Bertz CT molecular complexity index is 531. The maximum absolute atomic E-state index is 13.3. The third-order valence-corrected chi connectivity index (χ3v) is 5.22. The van der Waals surface area contributed by atoms with Crippen LogP contribution in [0.5, 0.6) is 0 Å². The molecule has 0 heterocycles. The Balaban J connectivity index is 1.72. The molecule has 0 aromatic heterocycles. The summed E-state index contributed by atoms with van der Waals surface area (Å²) in [6.45, 7) is 3.07. The zero-order valence-electron chi connectivity index (χ0n) is 12.5. The molecular weight excluding hydrogens is 267 g/mol. The Hall–Kier alpha value is -1.42. The molecule has 2 fully saturated rings. The fourth-order valence-corrected chi connectivity index (χ4v) is 4.11. The van der Waals surface area contributed by atoms with E-state index < -0.39 is 0 Å². The van der Waals surface area contributed by atoms with Crippen LogP contribution < -0.4 is 5.73 Å². The number of carbonyl (C=O) groups excluding carboxylic acids is 1. The zero-order valence-corrected chi connectivity index (χ0v) is 12.5. The molecule has 4 atom stereocenters.